The lowest BCUT2D eigenvalue weighted by Gasteiger charge is -2.15. The van der Waals surface area contributed by atoms with Crippen LogP contribution in [0, 0.1) is 6.92 Å². The van der Waals surface area contributed by atoms with Crippen LogP contribution in [0.1, 0.15) is 18.3 Å². The van der Waals surface area contributed by atoms with Crippen molar-refractivity contribution < 1.29 is 19.4 Å². The first-order valence-electron chi connectivity index (χ1n) is 8.63. The molecule has 0 saturated heterocycles. The molecule has 8 heteroatoms. The third kappa shape index (κ3) is 4.64. The maximum atomic E-state index is 11.2. The number of carbonyl (C=O) groups is 1. The van der Waals surface area contributed by atoms with Gasteiger partial charge in [-0.2, -0.15) is 0 Å². The molecule has 7 nitrogen and oxygen atoms in total. The predicted octanol–water partition coefficient (Wildman–Crippen LogP) is 2.39. The van der Waals surface area contributed by atoms with E-state index in [-0.39, 0.29) is 6.61 Å². The SMILES string of the molecule is COc1ccc(-n2c(COc3cccc(C)c3)nnc2S[C@H](C)C(=O)[O-])cc1. The number of rotatable bonds is 8. The number of carbonyl (C=O) groups excluding carboxylic acids is 1. The van der Waals surface area contributed by atoms with E-state index in [1.165, 1.54) is 0 Å². The van der Waals surface area contributed by atoms with Crippen LogP contribution in [0.5, 0.6) is 11.5 Å². The molecule has 146 valence electrons. The number of aromatic nitrogens is 3. The maximum absolute atomic E-state index is 11.2. The molecule has 0 saturated carbocycles. The Kier molecular flexibility index (Phi) is 6.20. The summed E-state index contributed by atoms with van der Waals surface area (Å²) in [5.41, 5.74) is 1.87. The smallest absolute Gasteiger partial charge is 0.196 e. The zero-order valence-corrected chi connectivity index (χ0v) is 16.6. The number of benzene rings is 2. The quantitative estimate of drug-likeness (QED) is 0.538. The molecule has 1 atom stereocenters. The number of thioether (sulfide) groups is 1. The molecule has 0 aliphatic carbocycles. The van der Waals surface area contributed by atoms with Crippen LogP contribution in [-0.4, -0.2) is 33.1 Å². The highest BCUT2D eigenvalue weighted by molar-refractivity contribution is 8.00. The lowest BCUT2D eigenvalue weighted by atomic mass is 10.2. The summed E-state index contributed by atoms with van der Waals surface area (Å²) < 4.78 is 12.8. The second-order valence-corrected chi connectivity index (χ2v) is 7.42. The molecule has 3 rings (SSSR count). The molecule has 1 aromatic heterocycles. The summed E-state index contributed by atoms with van der Waals surface area (Å²) in [6.45, 7) is 3.72. The van der Waals surface area contributed by atoms with Crippen LogP contribution < -0.4 is 14.6 Å². The number of hydrogen-bond acceptors (Lipinski definition) is 7. The largest absolute Gasteiger partial charge is 0.549 e. The van der Waals surface area contributed by atoms with Gasteiger partial charge in [-0.25, -0.2) is 0 Å². The highest BCUT2D eigenvalue weighted by Gasteiger charge is 2.18. The summed E-state index contributed by atoms with van der Waals surface area (Å²) >= 11 is 1.07. The summed E-state index contributed by atoms with van der Waals surface area (Å²) in [6.07, 6.45) is 0. The molecule has 28 heavy (non-hydrogen) atoms. The zero-order chi connectivity index (χ0) is 20.1. The van der Waals surface area contributed by atoms with E-state index in [0.717, 1.165) is 28.8 Å². The first-order chi connectivity index (χ1) is 13.5. The Balaban J connectivity index is 1.91. The van der Waals surface area contributed by atoms with E-state index in [2.05, 4.69) is 10.2 Å². The van der Waals surface area contributed by atoms with Gasteiger partial charge in [0.1, 0.15) is 18.1 Å². The Morgan fingerprint density at radius 3 is 2.57 bits per heavy atom. The van der Waals surface area contributed by atoms with Gasteiger partial charge >= 0.3 is 0 Å². The predicted molar refractivity (Wildman–Crippen MR) is 104 cm³/mol. The second-order valence-electron chi connectivity index (χ2n) is 6.12. The van der Waals surface area contributed by atoms with E-state index >= 15 is 0 Å². The summed E-state index contributed by atoms with van der Waals surface area (Å²) in [5, 5.41) is 19.2. The zero-order valence-electron chi connectivity index (χ0n) is 15.8. The number of carboxylic acid groups (broad SMARTS) is 1. The van der Waals surface area contributed by atoms with Gasteiger partial charge in [0.15, 0.2) is 11.0 Å². The standard InChI is InChI=1S/C20H21N3O4S/c1-13-5-4-6-17(11-13)27-12-18-21-22-20(28-14(2)19(24)25)23(18)15-7-9-16(26-3)10-8-15/h4-11,14H,12H2,1-3H3,(H,24,25)/p-1/t14-/m1/s1. The Morgan fingerprint density at radius 1 is 1.18 bits per heavy atom. The molecular formula is C20H20N3O4S-. The monoisotopic (exact) mass is 398 g/mol. The van der Waals surface area contributed by atoms with Crippen molar-refractivity contribution in [3.63, 3.8) is 0 Å². The van der Waals surface area contributed by atoms with Gasteiger partial charge in [-0.15, -0.1) is 10.2 Å². The average molecular weight is 398 g/mol. The van der Waals surface area contributed by atoms with Gasteiger partial charge in [-0.3, -0.25) is 4.57 Å². The number of ether oxygens (including phenoxy) is 2. The molecule has 0 radical (unpaired) electrons. The Hall–Kier alpha value is -3.00. The van der Waals surface area contributed by atoms with Gasteiger partial charge in [-0.1, -0.05) is 23.9 Å². The van der Waals surface area contributed by atoms with Crippen molar-refractivity contribution in [3.8, 4) is 17.2 Å². The van der Waals surface area contributed by atoms with Crippen LogP contribution in [0.25, 0.3) is 5.69 Å². The molecular weight excluding hydrogens is 378 g/mol. The van der Waals surface area contributed by atoms with Crippen LogP contribution in [0.3, 0.4) is 0 Å². The summed E-state index contributed by atoms with van der Waals surface area (Å²) in [4.78, 5) is 11.2. The number of aliphatic carboxylic acids is 1. The van der Waals surface area contributed by atoms with Crippen LogP contribution >= 0.6 is 11.8 Å². The van der Waals surface area contributed by atoms with Crippen LogP contribution in [0.15, 0.2) is 53.7 Å². The summed E-state index contributed by atoms with van der Waals surface area (Å²) in [5.74, 6) is 0.833. The van der Waals surface area contributed by atoms with Gasteiger partial charge in [0.2, 0.25) is 0 Å². The minimum atomic E-state index is -1.16. The molecule has 3 aromatic rings. The minimum Gasteiger partial charge on any atom is -0.549 e. The van der Waals surface area contributed by atoms with Crippen molar-refractivity contribution in [2.75, 3.05) is 7.11 Å². The molecule has 1 heterocycles. The van der Waals surface area contributed by atoms with Crippen molar-refractivity contribution in [2.45, 2.75) is 30.9 Å². The molecule has 0 aliphatic rings. The molecule has 2 aromatic carbocycles. The lowest BCUT2D eigenvalue weighted by Crippen LogP contribution is -2.31. The molecule has 0 aliphatic heterocycles. The highest BCUT2D eigenvalue weighted by atomic mass is 32.2. The van der Waals surface area contributed by atoms with Crippen LogP contribution in [-0.2, 0) is 11.4 Å². The molecule has 0 amide bonds. The van der Waals surface area contributed by atoms with E-state index in [4.69, 9.17) is 9.47 Å². The normalized spacial score (nSPS) is 11.8. The molecule has 0 spiro atoms. The average Bonchev–Trinajstić information content (AvgIpc) is 3.08. The number of hydrogen-bond donors (Lipinski definition) is 0. The third-order valence-electron chi connectivity index (χ3n) is 4.00. The van der Waals surface area contributed by atoms with Gasteiger partial charge < -0.3 is 19.4 Å². The maximum Gasteiger partial charge on any atom is 0.196 e. The number of carboxylic acids is 1. The molecule has 0 N–H and O–H groups in total. The van der Waals surface area contributed by atoms with Gasteiger partial charge in [0.25, 0.3) is 0 Å². The molecule has 0 fully saturated rings. The number of methoxy groups -OCH3 is 1. The van der Waals surface area contributed by atoms with Crippen molar-refractivity contribution in [3.05, 3.63) is 59.9 Å². The molecule has 0 bridgehead atoms. The van der Waals surface area contributed by atoms with Gasteiger partial charge in [0, 0.05) is 10.9 Å². The fraction of sp³-hybridized carbons (Fsp3) is 0.250. The lowest BCUT2D eigenvalue weighted by molar-refractivity contribution is -0.304. The van der Waals surface area contributed by atoms with E-state index < -0.39 is 11.2 Å². The summed E-state index contributed by atoms with van der Waals surface area (Å²) in [7, 11) is 1.59. The highest BCUT2D eigenvalue weighted by Crippen LogP contribution is 2.27. The Labute approximate surface area is 167 Å². The third-order valence-corrected chi connectivity index (χ3v) is 5.02. The van der Waals surface area contributed by atoms with Crippen molar-refractivity contribution >= 4 is 17.7 Å². The fourth-order valence-electron chi connectivity index (χ4n) is 2.52. The van der Waals surface area contributed by atoms with E-state index in [0.29, 0.717) is 16.7 Å². The first-order valence-corrected chi connectivity index (χ1v) is 9.51. The van der Waals surface area contributed by atoms with Crippen molar-refractivity contribution in [1.82, 2.24) is 14.8 Å². The Bertz CT molecular complexity index is 956. The van der Waals surface area contributed by atoms with Crippen molar-refractivity contribution in [2.24, 2.45) is 0 Å². The van der Waals surface area contributed by atoms with Gasteiger partial charge in [0.05, 0.1) is 13.1 Å². The van der Waals surface area contributed by atoms with E-state index in [1.807, 2.05) is 55.5 Å². The van der Waals surface area contributed by atoms with Gasteiger partial charge in [-0.05, 0) is 55.8 Å². The number of aryl methyl sites for hydroxylation is 1. The van der Waals surface area contributed by atoms with E-state index in [9.17, 15) is 9.90 Å². The fourth-order valence-corrected chi connectivity index (χ4v) is 3.34. The van der Waals surface area contributed by atoms with Crippen LogP contribution in [0.2, 0.25) is 0 Å². The summed E-state index contributed by atoms with van der Waals surface area (Å²) in [6, 6.07) is 15.0. The Morgan fingerprint density at radius 2 is 1.93 bits per heavy atom. The topological polar surface area (TPSA) is 89.3 Å². The number of nitrogens with zero attached hydrogens (tertiary/aromatic N) is 3. The first kappa shape index (κ1) is 19.8. The van der Waals surface area contributed by atoms with E-state index in [1.54, 1.807) is 18.6 Å². The molecule has 0 unspecified atom stereocenters. The minimum absolute atomic E-state index is 0.183. The second kappa shape index (κ2) is 8.79. The van der Waals surface area contributed by atoms with Crippen LogP contribution in [0.4, 0.5) is 0 Å². The van der Waals surface area contributed by atoms with Crippen molar-refractivity contribution in [1.29, 1.82) is 0 Å².